The highest BCUT2D eigenvalue weighted by Crippen LogP contribution is 2.30. The monoisotopic (exact) mass is 243 g/mol. The van der Waals surface area contributed by atoms with Crippen LogP contribution in [0.1, 0.15) is 13.8 Å². The van der Waals surface area contributed by atoms with Gasteiger partial charge < -0.3 is 4.90 Å². The molecule has 0 rings (SSSR count). The zero-order valence-electron chi connectivity index (χ0n) is 7.61. The molecule has 0 aliphatic rings. The largest absolute Gasteiger partial charge is 0.370 e. The van der Waals surface area contributed by atoms with Crippen LogP contribution < -0.4 is 0 Å². The van der Waals surface area contributed by atoms with E-state index in [0.29, 0.717) is 13.1 Å². The van der Waals surface area contributed by atoms with Gasteiger partial charge in [-0.15, -0.1) is 0 Å². The van der Waals surface area contributed by atoms with Crippen LogP contribution >= 0.6 is 34.8 Å². The van der Waals surface area contributed by atoms with Crippen LogP contribution in [0.25, 0.3) is 0 Å². The molecule has 0 N–H and O–H groups in total. The van der Waals surface area contributed by atoms with Crippen molar-refractivity contribution in [1.82, 2.24) is 4.90 Å². The summed E-state index contributed by atoms with van der Waals surface area (Å²) >= 11 is 16.3. The predicted molar refractivity (Wildman–Crippen MR) is 57.4 cm³/mol. The van der Waals surface area contributed by atoms with Gasteiger partial charge in [-0.05, 0) is 13.8 Å². The van der Waals surface area contributed by atoms with Crippen molar-refractivity contribution in [2.24, 2.45) is 0 Å². The molecule has 0 unspecified atom stereocenters. The number of allylic oxidation sites excluding steroid dienone is 1. The number of nitrogens with zero attached hydrogens (tertiary/aromatic N) is 1. The van der Waals surface area contributed by atoms with Crippen LogP contribution in [0.5, 0.6) is 0 Å². The Morgan fingerprint density at radius 1 is 1.31 bits per heavy atom. The fourth-order valence-corrected chi connectivity index (χ4v) is 1.24. The van der Waals surface area contributed by atoms with E-state index in [1.807, 2.05) is 13.8 Å². The Labute approximate surface area is 93.4 Å². The molecule has 0 aromatic rings. The topological polar surface area (TPSA) is 20.3 Å². The summed E-state index contributed by atoms with van der Waals surface area (Å²) in [7, 11) is 0. The van der Waals surface area contributed by atoms with Crippen LogP contribution in [0.4, 0.5) is 0 Å². The number of Topliss-reactive ketones (excluding diaryl/α,β-unsaturated/α-hetero) is 1. The molecule has 0 fully saturated rings. The van der Waals surface area contributed by atoms with Crippen molar-refractivity contribution < 1.29 is 4.79 Å². The highest BCUT2D eigenvalue weighted by molar-refractivity contribution is 6.77. The van der Waals surface area contributed by atoms with Gasteiger partial charge in [-0.25, -0.2) is 0 Å². The Hall–Kier alpha value is 0.0800. The first kappa shape index (κ1) is 13.1. The second kappa shape index (κ2) is 5.08. The minimum absolute atomic E-state index is 0.241. The van der Waals surface area contributed by atoms with E-state index in [-0.39, 0.29) is 5.70 Å². The molecule has 0 aliphatic heterocycles. The minimum atomic E-state index is -1.90. The summed E-state index contributed by atoms with van der Waals surface area (Å²) in [6.07, 6.45) is 0. The summed E-state index contributed by atoms with van der Waals surface area (Å²) in [5.41, 5.74) is 0.241. The molecular weight excluding hydrogens is 232 g/mol. The third kappa shape index (κ3) is 3.75. The second-order valence-electron chi connectivity index (χ2n) is 2.45. The maximum absolute atomic E-state index is 11.4. The van der Waals surface area contributed by atoms with Gasteiger partial charge in [0.15, 0.2) is 0 Å². The Kier molecular flexibility index (Phi) is 5.11. The number of ketones is 1. The van der Waals surface area contributed by atoms with Crippen molar-refractivity contribution in [3.63, 3.8) is 0 Å². The van der Waals surface area contributed by atoms with Crippen molar-refractivity contribution in [2.75, 3.05) is 13.1 Å². The van der Waals surface area contributed by atoms with Gasteiger partial charge >= 0.3 is 0 Å². The first-order valence-corrected chi connectivity index (χ1v) is 5.03. The number of carbonyl (C=O) groups excluding carboxylic acids is 1. The van der Waals surface area contributed by atoms with Crippen molar-refractivity contribution in [1.29, 1.82) is 0 Å². The summed E-state index contributed by atoms with van der Waals surface area (Å²) < 4.78 is -1.90. The van der Waals surface area contributed by atoms with Gasteiger partial charge in [0.1, 0.15) is 0 Å². The average molecular weight is 245 g/mol. The van der Waals surface area contributed by atoms with E-state index in [1.54, 1.807) is 4.90 Å². The van der Waals surface area contributed by atoms with Gasteiger partial charge in [0.2, 0.25) is 5.78 Å². The Bertz CT molecular complexity index is 206. The smallest absolute Gasteiger partial charge is 0.254 e. The van der Waals surface area contributed by atoms with Crippen LogP contribution in [-0.2, 0) is 4.79 Å². The summed E-state index contributed by atoms with van der Waals surface area (Å²) in [4.78, 5) is 13.1. The minimum Gasteiger partial charge on any atom is -0.370 e. The van der Waals surface area contributed by atoms with Crippen molar-refractivity contribution in [2.45, 2.75) is 17.6 Å². The van der Waals surface area contributed by atoms with Gasteiger partial charge in [0, 0.05) is 13.1 Å². The Morgan fingerprint density at radius 3 is 1.92 bits per heavy atom. The number of alkyl halides is 3. The predicted octanol–water partition coefficient (Wildman–Crippen LogP) is 2.78. The molecule has 0 saturated carbocycles. The maximum atomic E-state index is 11.4. The molecule has 0 radical (unpaired) electrons. The first-order valence-electron chi connectivity index (χ1n) is 3.89. The zero-order chi connectivity index (χ0) is 10.6. The fourth-order valence-electron chi connectivity index (χ4n) is 0.913. The number of hydrogen-bond acceptors (Lipinski definition) is 2. The number of hydrogen-bond donors (Lipinski definition) is 0. The molecule has 0 bridgehead atoms. The molecule has 0 aliphatic carbocycles. The maximum Gasteiger partial charge on any atom is 0.254 e. The standard InChI is InChI=1S/C8H12Cl3NO/c1-4-12(5-2)6(3)7(13)8(9,10)11/h3-5H2,1-2H3. The number of halogens is 3. The molecule has 2 nitrogen and oxygen atoms in total. The van der Waals surface area contributed by atoms with Crippen molar-refractivity contribution >= 4 is 40.6 Å². The third-order valence-electron chi connectivity index (χ3n) is 1.66. The molecule has 76 valence electrons. The summed E-state index contributed by atoms with van der Waals surface area (Å²) in [5, 5.41) is 0. The quantitative estimate of drug-likeness (QED) is 0.560. The molecule has 13 heavy (non-hydrogen) atoms. The number of carbonyl (C=O) groups is 1. The normalized spacial score (nSPS) is 11.2. The van der Waals surface area contributed by atoms with E-state index in [1.165, 1.54) is 0 Å². The van der Waals surface area contributed by atoms with Gasteiger partial charge in [-0.2, -0.15) is 0 Å². The molecule has 0 heterocycles. The van der Waals surface area contributed by atoms with E-state index < -0.39 is 9.58 Å². The lowest BCUT2D eigenvalue weighted by molar-refractivity contribution is -0.116. The summed E-state index contributed by atoms with van der Waals surface area (Å²) in [6, 6.07) is 0. The molecular formula is C8H12Cl3NO. The lowest BCUT2D eigenvalue weighted by Crippen LogP contribution is -2.32. The SMILES string of the molecule is C=C(C(=O)C(Cl)(Cl)Cl)N(CC)CC. The average Bonchev–Trinajstić information content (AvgIpc) is 2.03. The highest BCUT2D eigenvalue weighted by Gasteiger charge is 2.33. The van der Waals surface area contributed by atoms with E-state index in [4.69, 9.17) is 34.8 Å². The van der Waals surface area contributed by atoms with Gasteiger partial charge in [0.05, 0.1) is 5.70 Å². The van der Waals surface area contributed by atoms with Crippen LogP contribution in [0.15, 0.2) is 12.3 Å². The number of likely N-dealkylation sites (N-methyl/N-ethyl adjacent to an activating group) is 1. The van der Waals surface area contributed by atoms with Crippen LogP contribution in [0, 0.1) is 0 Å². The van der Waals surface area contributed by atoms with Crippen molar-refractivity contribution in [3.8, 4) is 0 Å². The molecule has 0 amide bonds. The van der Waals surface area contributed by atoms with E-state index in [2.05, 4.69) is 6.58 Å². The molecule has 0 spiro atoms. The lowest BCUT2D eigenvalue weighted by atomic mass is 10.3. The molecule has 0 aromatic carbocycles. The number of rotatable bonds is 4. The van der Waals surface area contributed by atoms with Gasteiger partial charge in [-0.1, -0.05) is 41.4 Å². The van der Waals surface area contributed by atoms with E-state index >= 15 is 0 Å². The second-order valence-corrected chi connectivity index (χ2v) is 4.73. The Balaban J connectivity index is 4.51. The molecule has 0 aromatic heterocycles. The molecule has 5 heteroatoms. The first-order chi connectivity index (χ1) is 5.84. The lowest BCUT2D eigenvalue weighted by Gasteiger charge is -2.24. The van der Waals surface area contributed by atoms with Crippen molar-refractivity contribution in [3.05, 3.63) is 12.3 Å². The fraction of sp³-hybridized carbons (Fsp3) is 0.625. The highest BCUT2D eigenvalue weighted by atomic mass is 35.6. The van der Waals surface area contributed by atoms with E-state index in [9.17, 15) is 4.79 Å². The summed E-state index contributed by atoms with van der Waals surface area (Å²) in [5.74, 6) is -0.568. The molecule has 0 saturated heterocycles. The van der Waals surface area contributed by atoms with E-state index in [0.717, 1.165) is 0 Å². The molecule has 0 atom stereocenters. The van der Waals surface area contributed by atoms with Gasteiger partial charge in [0.25, 0.3) is 3.79 Å². The third-order valence-corrected chi connectivity index (χ3v) is 2.18. The van der Waals surface area contributed by atoms with Crippen LogP contribution in [0.2, 0.25) is 0 Å². The van der Waals surface area contributed by atoms with Gasteiger partial charge in [-0.3, -0.25) is 4.79 Å². The Morgan fingerprint density at radius 2 is 1.69 bits per heavy atom. The zero-order valence-corrected chi connectivity index (χ0v) is 9.88. The van der Waals surface area contributed by atoms with Crippen LogP contribution in [-0.4, -0.2) is 27.6 Å². The summed E-state index contributed by atoms with van der Waals surface area (Å²) in [6.45, 7) is 8.73. The van der Waals surface area contributed by atoms with Crippen LogP contribution in [0.3, 0.4) is 0 Å².